The van der Waals surface area contributed by atoms with Crippen LogP contribution < -0.4 is 5.32 Å². The SMILES string of the molecule is CNCC1CCCN(C(=O)CSc2ccc(Cl)cc2)C1.Cl. The molecule has 118 valence electrons. The fourth-order valence-electron chi connectivity index (χ4n) is 2.51. The number of hydrogen-bond donors (Lipinski definition) is 1. The number of rotatable bonds is 5. The Morgan fingerprint density at radius 1 is 1.43 bits per heavy atom. The summed E-state index contributed by atoms with van der Waals surface area (Å²) >= 11 is 7.43. The molecule has 1 N–H and O–H groups in total. The minimum absolute atomic E-state index is 0. The van der Waals surface area contributed by atoms with Gasteiger partial charge in [-0.15, -0.1) is 24.2 Å². The van der Waals surface area contributed by atoms with E-state index in [9.17, 15) is 4.79 Å². The van der Waals surface area contributed by atoms with E-state index in [0.29, 0.717) is 11.7 Å². The highest BCUT2D eigenvalue weighted by Gasteiger charge is 2.22. The standard InChI is InChI=1S/C15H21ClN2OS.ClH/c1-17-9-12-3-2-8-18(10-12)15(19)11-20-14-6-4-13(16)5-7-14;/h4-7,12,17H,2-3,8-11H2,1H3;1H. The van der Waals surface area contributed by atoms with Gasteiger partial charge in [0, 0.05) is 23.0 Å². The number of likely N-dealkylation sites (tertiary alicyclic amines) is 1. The molecular formula is C15H22Cl2N2OS. The number of nitrogens with one attached hydrogen (secondary N) is 1. The molecule has 1 aliphatic heterocycles. The van der Waals surface area contributed by atoms with Crippen molar-refractivity contribution >= 4 is 41.7 Å². The van der Waals surface area contributed by atoms with Crippen molar-refractivity contribution in [3.05, 3.63) is 29.3 Å². The zero-order valence-corrected chi connectivity index (χ0v) is 14.6. The Morgan fingerprint density at radius 3 is 2.81 bits per heavy atom. The van der Waals surface area contributed by atoms with Gasteiger partial charge in [-0.1, -0.05) is 11.6 Å². The van der Waals surface area contributed by atoms with Crippen LogP contribution in [0.2, 0.25) is 5.02 Å². The number of halogens is 2. The van der Waals surface area contributed by atoms with E-state index >= 15 is 0 Å². The van der Waals surface area contributed by atoms with Gasteiger partial charge in [0.1, 0.15) is 0 Å². The lowest BCUT2D eigenvalue weighted by Crippen LogP contribution is -2.43. The summed E-state index contributed by atoms with van der Waals surface area (Å²) in [6.45, 7) is 2.79. The second kappa shape index (κ2) is 9.57. The number of nitrogens with zero attached hydrogens (tertiary/aromatic N) is 1. The van der Waals surface area contributed by atoms with E-state index in [-0.39, 0.29) is 18.3 Å². The van der Waals surface area contributed by atoms with Gasteiger partial charge in [0.2, 0.25) is 5.91 Å². The molecule has 3 nitrogen and oxygen atoms in total. The highest BCUT2D eigenvalue weighted by molar-refractivity contribution is 8.00. The van der Waals surface area contributed by atoms with E-state index < -0.39 is 0 Å². The first-order valence-electron chi connectivity index (χ1n) is 7.00. The Bertz CT molecular complexity index is 440. The summed E-state index contributed by atoms with van der Waals surface area (Å²) in [5.74, 6) is 1.34. The zero-order chi connectivity index (χ0) is 14.4. The van der Waals surface area contributed by atoms with Gasteiger partial charge in [-0.05, 0) is 56.6 Å². The van der Waals surface area contributed by atoms with Gasteiger partial charge in [-0.2, -0.15) is 0 Å². The Balaban J connectivity index is 0.00000220. The van der Waals surface area contributed by atoms with Gasteiger partial charge >= 0.3 is 0 Å². The number of benzene rings is 1. The molecule has 1 aromatic carbocycles. The van der Waals surface area contributed by atoms with Crippen molar-refractivity contribution in [2.45, 2.75) is 17.7 Å². The van der Waals surface area contributed by atoms with Crippen LogP contribution in [0.4, 0.5) is 0 Å². The van der Waals surface area contributed by atoms with Gasteiger partial charge in [0.05, 0.1) is 5.75 Å². The average molecular weight is 349 g/mol. The van der Waals surface area contributed by atoms with Crippen molar-refractivity contribution in [3.8, 4) is 0 Å². The topological polar surface area (TPSA) is 32.3 Å². The number of thioether (sulfide) groups is 1. The summed E-state index contributed by atoms with van der Waals surface area (Å²) < 4.78 is 0. The number of piperidine rings is 1. The van der Waals surface area contributed by atoms with Crippen molar-refractivity contribution in [1.29, 1.82) is 0 Å². The van der Waals surface area contributed by atoms with Crippen molar-refractivity contribution in [3.63, 3.8) is 0 Å². The smallest absolute Gasteiger partial charge is 0.232 e. The van der Waals surface area contributed by atoms with Crippen molar-refractivity contribution in [2.75, 3.05) is 32.4 Å². The summed E-state index contributed by atoms with van der Waals surface area (Å²) in [7, 11) is 1.97. The molecule has 0 saturated carbocycles. The molecule has 0 aromatic heterocycles. The first kappa shape index (κ1) is 18.6. The predicted molar refractivity (Wildman–Crippen MR) is 92.7 cm³/mol. The average Bonchev–Trinajstić information content (AvgIpc) is 2.47. The van der Waals surface area contributed by atoms with Crippen LogP contribution in [0, 0.1) is 5.92 Å². The van der Waals surface area contributed by atoms with Crippen LogP contribution in [0.15, 0.2) is 29.2 Å². The Kier molecular flexibility index (Phi) is 8.49. The van der Waals surface area contributed by atoms with Crippen LogP contribution in [-0.4, -0.2) is 43.2 Å². The van der Waals surface area contributed by atoms with Gasteiger partial charge < -0.3 is 10.2 Å². The van der Waals surface area contributed by atoms with Crippen molar-refractivity contribution < 1.29 is 4.79 Å². The van der Waals surface area contributed by atoms with Crippen LogP contribution in [0.3, 0.4) is 0 Å². The molecule has 1 unspecified atom stereocenters. The third kappa shape index (κ3) is 6.07. The fourth-order valence-corrected chi connectivity index (χ4v) is 3.44. The van der Waals surface area contributed by atoms with Crippen LogP contribution >= 0.6 is 35.8 Å². The maximum atomic E-state index is 12.2. The molecule has 1 fully saturated rings. The van der Waals surface area contributed by atoms with Gasteiger partial charge in [0.25, 0.3) is 0 Å². The first-order valence-corrected chi connectivity index (χ1v) is 8.36. The molecule has 1 aliphatic rings. The molecule has 1 amide bonds. The lowest BCUT2D eigenvalue weighted by molar-refractivity contribution is -0.130. The minimum atomic E-state index is 0. The van der Waals surface area contributed by atoms with E-state index in [1.807, 2.05) is 36.2 Å². The van der Waals surface area contributed by atoms with Crippen LogP contribution in [0.1, 0.15) is 12.8 Å². The molecule has 0 aliphatic carbocycles. The van der Waals surface area contributed by atoms with E-state index in [4.69, 9.17) is 11.6 Å². The van der Waals surface area contributed by atoms with Gasteiger partial charge in [0.15, 0.2) is 0 Å². The first-order chi connectivity index (χ1) is 9.69. The molecule has 1 atom stereocenters. The lowest BCUT2D eigenvalue weighted by Gasteiger charge is -2.32. The van der Waals surface area contributed by atoms with E-state index in [1.54, 1.807) is 11.8 Å². The third-order valence-corrected chi connectivity index (χ3v) is 4.79. The van der Waals surface area contributed by atoms with Gasteiger partial charge in [-0.3, -0.25) is 4.79 Å². The molecule has 0 spiro atoms. The molecule has 1 heterocycles. The highest BCUT2D eigenvalue weighted by Crippen LogP contribution is 2.22. The maximum absolute atomic E-state index is 12.2. The number of amides is 1. The van der Waals surface area contributed by atoms with E-state index in [2.05, 4.69) is 5.32 Å². The van der Waals surface area contributed by atoms with Gasteiger partial charge in [-0.25, -0.2) is 0 Å². The quantitative estimate of drug-likeness (QED) is 0.828. The summed E-state index contributed by atoms with van der Waals surface area (Å²) in [6.07, 6.45) is 2.33. The normalized spacial score (nSPS) is 18.2. The summed E-state index contributed by atoms with van der Waals surface area (Å²) in [4.78, 5) is 15.3. The molecular weight excluding hydrogens is 327 g/mol. The lowest BCUT2D eigenvalue weighted by atomic mass is 9.98. The van der Waals surface area contributed by atoms with Crippen LogP contribution in [0.25, 0.3) is 0 Å². The second-order valence-corrected chi connectivity index (χ2v) is 6.63. The maximum Gasteiger partial charge on any atom is 0.232 e. The number of carbonyl (C=O) groups is 1. The largest absolute Gasteiger partial charge is 0.342 e. The Morgan fingerprint density at radius 2 is 2.14 bits per heavy atom. The molecule has 1 saturated heterocycles. The predicted octanol–water partition coefficient (Wildman–Crippen LogP) is 3.31. The molecule has 0 bridgehead atoms. The van der Waals surface area contributed by atoms with E-state index in [1.165, 1.54) is 6.42 Å². The monoisotopic (exact) mass is 348 g/mol. The van der Waals surface area contributed by atoms with Crippen molar-refractivity contribution in [1.82, 2.24) is 10.2 Å². The second-order valence-electron chi connectivity index (χ2n) is 5.15. The molecule has 0 radical (unpaired) electrons. The minimum Gasteiger partial charge on any atom is -0.342 e. The molecule has 1 aromatic rings. The number of carbonyl (C=O) groups excluding carboxylic acids is 1. The van der Waals surface area contributed by atoms with Crippen LogP contribution in [-0.2, 0) is 4.79 Å². The molecule has 6 heteroatoms. The highest BCUT2D eigenvalue weighted by atomic mass is 35.5. The third-order valence-electron chi connectivity index (χ3n) is 3.54. The summed E-state index contributed by atoms with van der Waals surface area (Å²) in [5, 5.41) is 3.93. The Hall–Kier alpha value is -0.420. The van der Waals surface area contributed by atoms with E-state index in [0.717, 1.165) is 36.0 Å². The zero-order valence-electron chi connectivity index (χ0n) is 12.2. The van der Waals surface area contributed by atoms with Crippen molar-refractivity contribution in [2.24, 2.45) is 5.92 Å². The molecule has 2 rings (SSSR count). The summed E-state index contributed by atoms with van der Waals surface area (Å²) in [6, 6.07) is 7.64. The van der Waals surface area contributed by atoms with Crippen LogP contribution in [0.5, 0.6) is 0 Å². The number of hydrogen-bond acceptors (Lipinski definition) is 3. The fraction of sp³-hybridized carbons (Fsp3) is 0.533. The molecule has 21 heavy (non-hydrogen) atoms. The summed E-state index contributed by atoms with van der Waals surface area (Å²) in [5.41, 5.74) is 0. The Labute approximate surface area is 142 Å².